The van der Waals surface area contributed by atoms with Crippen molar-refractivity contribution in [3.05, 3.63) is 24.3 Å². The highest BCUT2D eigenvalue weighted by Crippen LogP contribution is 3.02. The predicted octanol–water partition coefficient (Wildman–Crippen LogP) is 2.99. The van der Waals surface area contributed by atoms with Gasteiger partial charge in [0.05, 0.1) is 4.90 Å². The lowest BCUT2D eigenvalue weighted by atomic mass is 10.4. The molecule has 0 fully saturated rings. The lowest BCUT2D eigenvalue weighted by Crippen LogP contribution is -2.13. The Morgan fingerprint density at radius 3 is 1.94 bits per heavy atom. The zero-order chi connectivity index (χ0) is 12.9. The van der Waals surface area contributed by atoms with Crippen LogP contribution in [-0.2, 0) is 10.0 Å². The Morgan fingerprint density at radius 1 is 1.06 bits per heavy atom. The molecular formula is C6H6F5NO2S2. The summed E-state index contributed by atoms with van der Waals surface area (Å²) in [5.41, 5.74) is 0. The first kappa shape index (κ1) is 13.2. The van der Waals surface area contributed by atoms with Gasteiger partial charge in [0.2, 0.25) is 10.0 Å². The summed E-state index contributed by atoms with van der Waals surface area (Å²) in [6.45, 7) is 0. The van der Waals surface area contributed by atoms with Gasteiger partial charge in [-0.2, -0.15) is 0 Å². The van der Waals surface area contributed by atoms with Gasteiger partial charge >= 0.3 is 10.2 Å². The Labute approximate surface area is 87.8 Å². The molecule has 1 aromatic carbocycles. The van der Waals surface area contributed by atoms with Gasteiger partial charge in [0, 0.05) is 0 Å². The third kappa shape index (κ3) is 3.06. The van der Waals surface area contributed by atoms with E-state index in [1.807, 2.05) is 0 Å². The lowest BCUT2D eigenvalue weighted by Gasteiger charge is -2.40. The summed E-state index contributed by atoms with van der Waals surface area (Å²) >= 11 is 0. The van der Waals surface area contributed by atoms with Crippen molar-refractivity contribution in [3.8, 4) is 0 Å². The molecule has 0 aromatic heterocycles. The summed E-state index contributed by atoms with van der Waals surface area (Å²) in [6.07, 6.45) is 0. The Hall–Kier alpha value is -0.870. The highest BCUT2D eigenvalue weighted by molar-refractivity contribution is 8.45. The highest BCUT2D eigenvalue weighted by atomic mass is 32.5. The zero-order valence-corrected chi connectivity index (χ0v) is 9.04. The number of benzene rings is 1. The van der Waals surface area contributed by atoms with Gasteiger partial charge in [0.15, 0.2) is 0 Å². The molecule has 0 aliphatic heterocycles. The predicted molar refractivity (Wildman–Crippen MR) is 49.2 cm³/mol. The molecule has 0 amide bonds. The molecule has 0 heterocycles. The Morgan fingerprint density at radius 2 is 1.56 bits per heavy atom. The number of nitrogens with two attached hydrogens (primary N) is 1. The molecule has 0 unspecified atom stereocenters. The molecule has 0 saturated heterocycles. The van der Waals surface area contributed by atoms with Gasteiger partial charge in [-0.1, -0.05) is 25.5 Å². The summed E-state index contributed by atoms with van der Waals surface area (Å²) in [5, 5.41) is 4.53. The molecule has 0 aliphatic rings. The number of halogens is 5. The molecule has 1 rings (SSSR count). The zero-order valence-electron chi connectivity index (χ0n) is 7.41. The maximum atomic E-state index is 12.3. The van der Waals surface area contributed by atoms with E-state index in [1.165, 1.54) is 0 Å². The smallest absolute Gasteiger partial charge is 0.225 e. The minimum atomic E-state index is -9.87. The van der Waals surface area contributed by atoms with E-state index in [4.69, 9.17) is 0 Å². The fraction of sp³-hybridized carbons (Fsp3) is 0. The van der Waals surface area contributed by atoms with E-state index in [0.717, 1.165) is 0 Å². The normalized spacial score (nSPS) is 17.6. The number of sulfonamides is 1. The van der Waals surface area contributed by atoms with E-state index >= 15 is 0 Å². The molecule has 0 radical (unpaired) electrons. The van der Waals surface area contributed by atoms with Crippen molar-refractivity contribution in [1.29, 1.82) is 0 Å². The fourth-order valence-electron chi connectivity index (χ4n) is 0.891. The largest absolute Gasteiger partial charge is 0.310 e. The molecular weight excluding hydrogens is 277 g/mol. The van der Waals surface area contributed by atoms with Gasteiger partial charge in [0.1, 0.15) is 4.90 Å². The summed E-state index contributed by atoms with van der Waals surface area (Å²) in [7, 11) is -14.3. The molecule has 3 nitrogen and oxygen atoms in total. The van der Waals surface area contributed by atoms with Crippen LogP contribution in [0.25, 0.3) is 0 Å². The van der Waals surface area contributed by atoms with Crippen molar-refractivity contribution < 1.29 is 27.8 Å². The second-order valence-corrected chi connectivity index (χ2v) is 6.96. The van der Waals surface area contributed by atoms with Gasteiger partial charge in [-0.25, -0.2) is 13.6 Å². The Bertz CT molecular complexity index is 535. The quantitative estimate of drug-likeness (QED) is 0.848. The number of rotatable bonds is 2. The van der Waals surface area contributed by atoms with E-state index in [1.54, 1.807) is 0 Å². The molecule has 1 aromatic rings. The third-order valence-electron chi connectivity index (χ3n) is 1.58. The molecule has 0 spiro atoms. The van der Waals surface area contributed by atoms with E-state index in [9.17, 15) is 27.8 Å². The van der Waals surface area contributed by atoms with E-state index in [-0.39, 0.29) is 12.1 Å². The first-order valence-corrected chi connectivity index (χ1v) is 7.07. The lowest BCUT2D eigenvalue weighted by molar-refractivity contribution is 0.363. The van der Waals surface area contributed by atoms with E-state index < -0.39 is 30.0 Å². The second kappa shape index (κ2) is 2.68. The number of hydrogen-bond acceptors (Lipinski definition) is 2. The topological polar surface area (TPSA) is 60.2 Å². The Balaban J connectivity index is 3.55. The fourth-order valence-corrected chi connectivity index (χ4v) is 2.21. The van der Waals surface area contributed by atoms with Crippen LogP contribution >= 0.6 is 10.2 Å². The van der Waals surface area contributed by atoms with Crippen molar-refractivity contribution in [2.24, 2.45) is 5.14 Å². The Kier molecular flexibility index (Phi) is 2.21. The first-order chi connectivity index (χ1) is 6.70. The van der Waals surface area contributed by atoms with Crippen LogP contribution in [0.3, 0.4) is 0 Å². The van der Waals surface area contributed by atoms with Crippen LogP contribution in [0, 0.1) is 0 Å². The van der Waals surface area contributed by atoms with Crippen LogP contribution in [0.1, 0.15) is 0 Å². The summed E-state index contributed by atoms with van der Waals surface area (Å²) in [5.74, 6) is 0. The first-order valence-electron chi connectivity index (χ1n) is 3.57. The molecule has 0 bridgehead atoms. The maximum absolute atomic E-state index is 12.3. The minimum absolute atomic E-state index is 0.0935. The molecule has 0 saturated carbocycles. The monoisotopic (exact) mass is 283 g/mol. The summed E-state index contributed by atoms with van der Waals surface area (Å²) in [6, 6.07) is 1.16. The van der Waals surface area contributed by atoms with Crippen molar-refractivity contribution in [1.82, 2.24) is 0 Å². The molecule has 16 heavy (non-hydrogen) atoms. The van der Waals surface area contributed by atoms with Crippen LogP contribution in [0.2, 0.25) is 0 Å². The maximum Gasteiger partial charge on any atom is 0.310 e. The molecule has 2 N–H and O–H groups in total. The van der Waals surface area contributed by atoms with Crippen molar-refractivity contribution in [2.75, 3.05) is 0 Å². The van der Waals surface area contributed by atoms with Crippen LogP contribution < -0.4 is 5.14 Å². The second-order valence-electron chi connectivity index (χ2n) is 2.99. The van der Waals surface area contributed by atoms with E-state index in [2.05, 4.69) is 5.14 Å². The minimum Gasteiger partial charge on any atom is -0.225 e. The average Bonchev–Trinajstić information content (AvgIpc) is 1.99. The van der Waals surface area contributed by atoms with Crippen molar-refractivity contribution in [3.63, 3.8) is 0 Å². The van der Waals surface area contributed by atoms with Crippen LogP contribution in [0.4, 0.5) is 19.4 Å². The van der Waals surface area contributed by atoms with Crippen LogP contribution in [-0.4, -0.2) is 8.42 Å². The molecule has 0 atom stereocenters. The molecule has 94 valence electrons. The van der Waals surface area contributed by atoms with E-state index in [0.29, 0.717) is 12.1 Å². The third-order valence-corrected chi connectivity index (χ3v) is 3.64. The van der Waals surface area contributed by atoms with Crippen molar-refractivity contribution >= 4 is 20.2 Å². The molecule has 10 heteroatoms. The van der Waals surface area contributed by atoms with Crippen LogP contribution in [0.5, 0.6) is 0 Å². The van der Waals surface area contributed by atoms with Gasteiger partial charge in [0.25, 0.3) is 0 Å². The van der Waals surface area contributed by atoms with Gasteiger partial charge in [-0.3, -0.25) is 0 Å². The average molecular weight is 283 g/mol. The number of hydrogen-bond donors (Lipinski definition) is 1. The summed E-state index contributed by atoms with van der Waals surface area (Å²) in [4.78, 5) is -3.30. The van der Waals surface area contributed by atoms with Gasteiger partial charge in [-0.05, 0) is 18.2 Å². The van der Waals surface area contributed by atoms with Crippen molar-refractivity contribution in [2.45, 2.75) is 9.79 Å². The molecule has 0 aliphatic carbocycles. The SMILES string of the molecule is NS(=O)(=O)c1cccc(S(F)(F)(F)(F)F)c1. The standard InChI is InChI=1S/C6H6F5NO2S2/c7-16(8,9,10,11)6-3-1-2-5(4-6)15(12,13)14/h1-4H,(H2,12,13,14). The number of primary sulfonamides is 1. The highest BCUT2D eigenvalue weighted by Gasteiger charge is 2.65. The van der Waals surface area contributed by atoms with Gasteiger partial charge in [-0.15, -0.1) is 0 Å². The summed E-state index contributed by atoms with van der Waals surface area (Å²) < 4.78 is 82.8. The van der Waals surface area contributed by atoms with Crippen LogP contribution in [0.15, 0.2) is 34.1 Å². The van der Waals surface area contributed by atoms with Gasteiger partial charge < -0.3 is 0 Å².